The van der Waals surface area contributed by atoms with E-state index in [4.69, 9.17) is 27.9 Å². The minimum absolute atomic E-state index is 0.128. The molecule has 1 rings (SSSR count). The number of benzene rings is 1. The minimum atomic E-state index is -3.71. The van der Waals surface area contributed by atoms with Crippen LogP contribution in [0.15, 0.2) is 29.2 Å². The van der Waals surface area contributed by atoms with Gasteiger partial charge in [-0.25, -0.2) is 8.42 Å². The standard InChI is InChI=1S/C11H15Cl2NO3S/c1-8(12)14(9(2)13)18(15,16)11-6-4-10(17-3)5-7-11/h4-9H,1-3H3. The molecule has 2 unspecified atom stereocenters. The monoisotopic (exact) mass is 311 g/mol. The molecule has 0 radical (unpaired) electrons. The molecule has 1 aromatic rings. The summed E-state index contributed by atoms with van der Waals surface area (Å²) in [6.45, 7) is 3.11. The Labute approximate surface area is 117 Å². The molecule has 18 heavy (non-hydrogen) atoms. The van der Waals surface area contributed by atoms with Gasteiger partial charge in [-0.1, -0.05) is 0 Å². The molecule has 0 saturated carbocycles. The Bertz CT molecular complexity index is 478. The summed E-state index contributed by atoms with van der Waals surface area (Å²) in [4.78, 5) is 0.128. The van der Waals surface area contributed by atoms with E-state index in [1.807, 2.05) is 0 Å². The van der Waals surface area contributed by atoms with E-state index < -0.39 is 21.0 Å². The number of nitrogens with zero attached hydrogens (tertiary/aromatic N) is 1. The second kappa shape index (κ2) is 6.10. The molecule has 1 aromatic carbocycles. The van der Waals surface area contributed by atoms with Crippen LogP contribution >= 0.6 is 23.2 Å². The second-order valence-electron chi connectivity index (χ2n) is 3.66. The van der Waals surface area contributed by atoms with Gasteiger partial charge in [0.25, 0.3) is 0 Å². The van der Waals surface area contributed by atoms with Crippen molar-refractivity contribution < 1.29 is 13.2 Å². The fraction of sp³-hybridized carbons (Fsp3) is 0.455. The third-order valence-electron chi connectivity index (χ3n) is 2.34. The van der Waals surface area contributed by atoms with Crippen LogP contribution in [0.4, 0.5) is 0 Å². The SMILES string of the molecule is COc1ccc(S(=O)(=O)N(C(C)Cl)C(C)Cl)cc1. The zero-order valence-electron chi connectivity index (χ0n) is 10.3. The molecule has 4 nitrogen and oxygen atoms in total. The lowest BCUT2D eigenvalue weighted by atomic mass is 10.3. The Kier molecular flexibility index (Phi) is 5.28. The first-order valence-electron chi connectivity index (χ1n) is 5.26. The van der Waals surface area contributed by atoms with Crippen LogP contribution < -0.4 is 4.74 Å². The van der Waals surface area contributed by atoms with E-state index in [0.29, 0.717) is 5.75 Å². The van der Waals surface area contributed by atoms with Crippen molar-refractivity contribution in [3.05, 3.63) is 24.3 Å². The van der Waals surface area contributed by atoms with E-state index in [9.17, 15) is 8.42 Å². The zero-order valence-corrected chi connectivity index (χ0v) is 12.6. The van der Waals surface area contributed by atoms with Crippen LogP contribution in [0.3, 0.4) is 0 Å². The van der Waals surface area contributed by atoms with Gasteiger partial charge < -0.3 is 4.74 Å². The van der Waals surface area contributed by atoms with E-state index in [-0.39, 0.29) is 4.90 Å². The van der Waals surface area contributed by atoms with Gasteiger partial charge in [0.05, 0.1) is 23.0 Å². The normalized spacial score (nSPS) is 15.4. The van der Waals surface area contributed by atoms with E-state index in [1.165, 1.54) is 19.2 Å². The van der Waals surface area contributed by atoms with Gasteiger partial charge in [-0.05, 0) is 38.1 Å². The third kappa shape index (κ3) is 3.29. The molecule has 0 spiro atoms. The number of hydrogen-bond donors (Lipinski definition) is 0. The van der Waals surface area contributed by atoms with E-state index in [1.54, 1.807) is 26.0 Å². The predicted octanol–water partition coefficient (Wildman–Crippen LogP) is 2.86. The van der Waals surface area contributed by atoms with Gasteiger partial charge >= 0.3 is 0 Å². The quantitative estimate of drug-likeness (QED) is 0.620. The minimum Gasteiger partial charge on any atom is -0.497 e. The van der Waals surface area contributed by atoms with E-state index in [2.05, 4.69) is 0 Å². The molecule has 0 aliphatic heterocycles. The Morgan fingerprint density at radius 2 is 1.56 bits per heavy atom. The van der Waals surface area contributed by atoms with E-state index >= 15 is 0 Å². The van der Waals surface area contributed by atoms with Gasteiger partial charge in [0.1, 0.15) is 5.75 Å². The van der Waals surface area contributed by atoms with Crippen molar-refractivity contribution in [2.24, 2.45) is 0 Å². The average molecular weight is 312 g/mol. The van der Waals surface area contributed by atoms with Crippen LogP contribution in [-0.4, -0.2) is 30.8 Å². The summed E-state index contributed by atoms with van der Waals surface area (Å²) < 4.78 is 30.7. The first-order valence-corrected chi connectivity index (χ1v) is 7.57. The Hall–Kier alpha value is -0.490. The highest BCUT2D eigenvalue weighted by molar-refractivity contribution is 7.89. The van der Waals surface area contributed by atoms with Gasteiger partial charge in [0, 0.05) is 0 Å². The summed E-state index contributed by atoms with van der Waals surface area (Å²) >= 11 is 11.7. The molecule has 0 N–H and O–H groups in total. The Morgan fingerprint density at radius 3 is 1.89 bits per heavy atom. The fourth-order valence-corrected chi connectivity index (χ4v) is 4.05. The van der Waals surface area contributed by atoms with Crippen LogP contribution in [0.5, 0.6) is 5.75 Å². The molecule has 102 valence electrons. The van der Waals surface area contributed by atoms with Crippen molar-refractivity contribution in [3.63, 3.8) is 0 Å². The van der Waals surface area contributed by atoms with Crippen molar-refractivity contribution in [3.8, 4) is 5.75 Å². The molecule has 0 saturated heterocycles. The number of halogens is 2. The molecule has 0 aromatic heterocycles. The smallest absolute Gasteiger partial charge is 0.245 e. The number of methoxy groups -OCH3 is 1. The largest absolute Gasteiger partial charge is 0.497 e. The van der Waals surface area contributed by atoms with Crippen LogP contribution in [0.25, 0.3) is 0 Å². The van der Waals surface area contributed by atoms with Gasteiger partial charge in [-0.3, -0.25) is 0 Å². The van der Waals surface area contributed by atoms with Gasteiger partial charge in [-0.15, -0.1) is 23.2 Å². The number of ether oxygens (including phenoxy) is 1. The number of alkyl halides is 2. The Morgan fingerprint density at radius 1 is 1.11 bits per heavy atom. The molecule has 0 aliphatic rings. The summed E-state index contributed by atoms with van der Waals surface area (Å²) in [5, 5.41) is 0. The summed E-state index contributed by atoms with van der Waals surface area (Å²) in [5.74, 6) is 0.582. The van der Waals surface area contributed by atoms with E-state index in [0.717, 1.165) is 4.31 Å². The number of sulfonamides is 1. The molecular weight excluding hydrogens is 297 g/mol. The van der Waals surface area contributed by atoms with Crippen molar-refractivity contribution >= 4 is 33.2 Å². The maximum absolute atomic E-state index is 12.3. The maximum atomic E-state index is 12.3. The average Bonchev–Trinajstić information content (AvgIpc) is 2.27. The van der Waals surface area contributed by atoms with Crippen LogP contribution in [-0.2, 0) is 10.0 Å². The summed E-state index contributed by atoms with van der Waals surface area (Å²) in [6, 6.07) is 6.06. The maximum Gasteiger partial charge on any atom is 0.245 e. The van der Waals surface area contributed by atoms with Crippen LogP contribution in [0.1, 0.15) is 13.8 Å². The lowest BCUT2D eigenvalue weighted by Gasteiger charge is -2.26. The lowest BCUT2D eigenvalue weighted by Crippen LogP contribution is -2.39. The highest BCUT2D eigenvalue weighted by Gasteiger charge is 2.31. The lowest BCUT2D eigenvalue weighted by molar-refractivity contribution is 0.392. The van der Waals surface area contributed by atoms with Crippen molar-refractivity contribution in [2.45, 2.75) is 29.7 Å². The summed E-state index contributed by atoms with van der Waals surface area (Å²) in [7, 11) is -2.20. The fourth-order valence-electron chi connectivity index (χ4n) is 1.53. The highest BCUT2D eigenvalue weighted by atomic mass is 35.5. The first kappa shape index (κ1) is 15.6. The number of rotatable bonds is 5. The van der Waals surface area contributed by atoms with Crippen molar-refractivity contribution in [1.82, 2.24) is 4.31 Å². The van der Waals surface area contributed by atoms with Crippen molar-refractivity contribution in [2.75, 3.05) is 7.11 Å². The first-order chi connectivity index (χ1) is 8.30. The molecule has 0 bridgehead atoms. The Balaban J connectivity index is 3.18. The molecule has 0 heterocycles. The number of hydrogen-bond acceptors (Lipinski definition) is 3. The molecule has 7 heteroatoms. The summed E-state index contributed by atoms with van der Waals surface area (Å²) in [5.41, 5.74) is -1.46. The topological polar surface area (TPSA) is 46.6 Å². The predicted molar refractivity (Wildman–Crippen MR) is 72.6 cm³/mol. The van der Waals surface area contributed by atoms with Crippen LogP contribution in [0.2, 0.25) is 0 Å². The zero-order chi connectivity index (χ0) is 13.9. The van der Waals surface area contributed by atoms with Crippen molar-refractivity contribution in [1.29, 1.82) is 0 Å². The van der Waals surface area contributed by atoms with Crippen LogP contribution in [0, 0.1) is 0 Å². The highest BCUT2D eigenvalue weighted by Crippen LogP contribution is 2.25. The van der Waals surface area contributed by atoms with Gasteiger partial charge in [-0.2, -0.15) is 4.31 Å². The second-order valence-corrected chi connectivity index (χ2v) is 6.76. The van der Waals surface area contributed by atoms with Gasteiger partial charge in [0.2, 0.25) is 10.0 Å². The molecular formula is C11H15Cl2NO3S. The molecule has 0 aliphatic carbocycles. The van der Waals surface area contributed by atoms with Gasteiger partial charge in [0.15, 0.2) is 0 Å². The third-order valence-corrected chi connectivity index (χ3v) is 5.04. The molecule has 2 atom stereocenters. The molecule has 0 fully saturated rings. The summed E-state index contributed by atoms with van der Waals surface area (Å²) in [6.07, 6.45) is 0. The molecule has 0 amide bonds.